The number of hydrogen-bond donors (Lipinski definition) is 1. The van der Waals surface area contributed by atoms with Crippen molar-refractivity contribution in [2.24, 2.45) is 5.92 Å². The van der Waals surface area contributed by atoms with E-state index >= 15 is 0 Å². The average molecular weight is 271 g/mol. The molecule has 2 aromatic rings. The van der Waals surface area contributed by atoms with Crippen molar-refractivity contribution in [1.29, 1.82) is 0 Å². The van der Waals surface area contributed by atoms with Crippen molar-refractivity contribution in [2.45, 2.75) is 26.8 Å². The highest BCUT2D eigenvalue weighted by Gasteiger charge is 2.29. The van der Waals surface area contributed by atoms with Crippen molar-refractivity contribution in [3.05, 3.63) is 47.5 Å². The van der Waals surface area contributed by atoms with Gasteiger partial charge in [0.25, 0.3) is 0 Å². The molecule has 0 saturated carbocycles. The van der Waals surface area contributed by atoms with Gasteiger partial charge in [-0.15, -0.1) is 0 Å². The van der Waals surface area contributed by atoms with E-state index in [4.69, 9.17) is 4.74 Å². The lowest BCUT2D eigenvalue weighted by atomic mass is 9.93. The van der Waals surface area contributed by atoms with E-state index in [1.54, 1.807) is 0 Å². The second-order valence-corrected chi connectivity index (χ2v) is 5.39. The number of nitrogens with zero attached hydrogens (tertiary/aromatic N) is 1. The van der Waals surface area contributed by atoms with Crippen LogP contribution < -0.4 is 9.30 Å². The van der Waals surface area contributed by atoms with Crippen molar-refractivity contribution in [3.63, 3.8) is 0 Å². The van der Waals surface area contributed by atoms with Gasteiger partial charge in [-0.25, -0.2) is 4.57 Å². The summed E-state index contributed by atoms with van der Waals surface area (Å²) in [5.41, 5.74) is 2.97. The molecular weight excluding hydrogens is 252 g/mol. The summed E-state index contributed by atoms with van der Waals surface area (Å²) in [4.78, 5) is 15.7. The number of carbonyl (C=O) groups is 1. The fourth-order valence-corrected chi connectivity index (χ4v) is 2.69. The summed E-state index contributed by atoms with van der Waals surface area (Å²) in [5.74, 6) is 0.935. The molecular formula is C16H19N2O2+. The van der Waals surface area contributed by atoms with Gasteiger partial charge in [-0.1, -0.05) is 6.07 Å². The first-order valence-corrected chi connectivity index (χ1v) is 6.96. The molecule has 20 heavy (non-hydrogen) atoms. The number of carbonyl (C=O) groups excluding carboxylic acids is 1. The molecule has 0 radical (unpaired) electrons. The van der Waals surface area contributed by atoms with E-state index in [0.29, 0.717) is 13.2 Å². The number of ketones is 1. The van der Waals surface area contributed by atoms with Crippen LogP contribution in [-0.4, -0.2) is 17.4 Å². The topological polar surface area (TPSA) is 46.0 Å². The van der Waals surface area contributed by atoms with Crippen LogP contribution in [0.4, 0.5) is 0 Å². The Bertz CT molecular complexity index is 632. The fourth-order valence-electron chi connectivity index (χ4n) is 2.69. The standard InChI is InChI=1S/C16H18N2O2/c1-11-3-4-14-15(19)13(9-18-7-6-17-10-18)5-8-20-16(14)12(11)2/h3-4,6-7,10,13H,5,8-9H2,1-2H3/p+1. The van der Waals surface area contributed by atoms with Crippen molar-refractivity contribution in [1.82, 2.24) is 4.98 Å². The molecule has 0 bridgehead atoms. The lowest BCUT2D eigenvalue weighted by Crippen LogP contribution is -2.38. The number of rotatable bonds is 2. The average Bonchev–Trinajstić information content (AvgIpc) is 2.89. The number of nitrogens with one attached hydrogen (secondary N) is 1. The third kappa shape index (κ3) is 2.22. The van der Waals surface area contributed by atoms with Crippen LogP contribution >= 0.6 is 0 Å². The van der Waals surface area contributed by atoms with E-state index in [2.05, 4.69) is 4.98 Å². The Morgan fingerprint density at radius 2 is 2.25 bits per heavy atom. The summed E-state index contributed by atoms with van der Waals surface area (Å²) >= 11 is 0. The first-order valence-electron chi connectivity index (χ1n) is 6.96. The van der Waals surface area contributed by atoms with Crippen LogP contribution in [0.2, 0.25) is 0 Å². The highest BCUT2D eigenvalue weighted by Crippen LogP contribution is 2.32. The third-order valence-electron chi connectivity index (χ3n) is 4.06. The fraction of sp³-hybridized carbons (Fsp3) is 0.375. The summed E-state index contributed by atoms with van der Waals surface area (Å²) in [7, 11) is 0. The molecule has 0 saturated heterocycles. The molecule has 1 atom stereocenters. The molecule has 0 amide bonds. The maximum Gasteiger partial charge on any atom is 0.241 e. The SMILES string of the molecule is Cc1ccc2c(c1C)OCCC(C[n+]1cc[nH]c1)C2=O. The zero-order valence-corrected chi connectivity index (χ0v) is 11.8. The Morgan fingerprint density at radius 1 is 1.40 bits per heavy atom. The van der Waals surface area contributed by atoms with Crippen LogP contribution in [-0.2, 0) is 6.54 Å². The zero-order valence-electron chi connectivity index (χ0n) is 11.8. The Kier molecular flexibility index (Phi) is 3.30. The van der Waals surface area contributed by atoms with Crippen molar-refractivity contribution in [3.8, 4) is 5.75 Å². The van der Waals surface area contributed by atoms with E-state index in [-0.39, 0.29) is 11.7 Å². The second-order valence-electron chi connectivity index (χ2n) is 5.39. The molecule has 3 rings (SSSR count). The molecule has 1 aliphatic heterocycles. The van der Waals surface area contributed by atoms with Gasteiger partial charge in [0, 0.05) is 0 Å². The van der Waals surface area contributed by atoms with Gasteiger partial charge >= 0.3 is 0 Å². The number of aromatic amines is 1. The predicted octanol–water partition coefficient (Wildman–Crippen LogP) is 2.20. The normalized spacial score (nSPS) is 18.3. The number of H-pyrrole nitrogens is 1. The molecule has 1 aliphatic rings. The minimum atomic E-state index is -0.0286. The number of Topliss-reactive ketones (excluding diaryl/α,β-unsaturated/α-hetero) is 1. The van der Waals surface area contributed by atoms with Gasteiger partial charge in [0.1, 0.15) is 24.7 Å². The third-order valence-corrected chi connectivity index (χ3v) is 4.06. The smallest absolute Gasteiger partial charge is 0.241 e. The number of fused-ring (bicyclic) bond motifs is 1. The van der Waals surface area contributed by atoms with E-state index in [1.165, 1.54) is 0 Å². The van der Waals surface area contributed by atoms with Gasteiger partial charge in [0.05, 0.1) is 18.1 Å². The first-order chi connectivity index (χ1) is 9.66. The molecule has 4 nitrogen and oxygen atoms in total. The molecule has 0 spiro atoms. The number of aromatic nitrogens is 2. The minimum Gasteiger partial charge on any atom is -0.493 e. The summed E-state index contributed by atoms with van der Waals surface area (Å²) in [6, 6.07) is 3.90. The molecule has 4 heteroatoms. The maximum atomic E-state index is 12.7. The molecule has 104 valence electrons. The molecule has 1 aromatic carbocycles. The highest BCUT2D eigenvalue weighted by molar-refractivity contribution is 6.01. The second kappa shape index (κ2) is 5.12. The number of ether oxygens (including phenoxy) is 1. The molecule has 0 aliphatic carbocycles. The van der Waals surface area contributed by atoms with Gasteiger partial charge in [-0.2, -0.15) is 0 Å². The van der Waals surface area contributed by atoms with Crippen molar-refractivity contribution >= 4 is 5.78 Å². The summed E-state index contributed by atoms with van der Waals surface area (Å²) in [5, 5.41) is 0. The predicted molar refractivity (Wildman–Crippen MR) is 74.8 cm³/mol. The van der Waals surface area contributed by atoms with Crippen LogP contribution in [0.15, 0.2) is 30.9 Å². The van der Waals surface area contributed by atoms with E-state index < -0.39 is 0 Å². The van der Waals surface area contributed by atoms with Gasteiger partial charge in [-0.05, 0) is 37.5 Å². The van der Waals surface area contributed by atoms with Crippen molar-refractivity contribution < 1.29 is 14.1 Å². The Balaban J connectivity index is 1.94. The number of aryl methyl sites for hydroxylation is 1. The Hall–Kier alpha value is -2.10. The number of imidazole rings is 1. The van der Waals surface area contributed by atoms with E-state index in [9.17, 15) is 4.79 Å². The lowest BCUT2D eigenvalue weighted by molar-refractivity contribution is -0.699. The van der Waals surface area contributed by atoms with E-state index in [0.717, 1.165) is 28.9 Å². The van der Waals surface area contributed by atoms with Gasteiger partial charge in [-0.3, -0.25) is 9.78 Å². The number of benzene rings is 1. The molecule has 1 unspecified atom stereocenters. The minimum absolute atomic E-state index is 0.0286. The number of hydrogen-bond acceptors (Lipinski definition) is 2. The Labute approximate surface area is 118 Å². The summed E-state index contributed by atoms with van der Waals surface area (Å²) in [6.07, 6.45) is 6.43. The largest absolute Gasteiger partial charge is 0.493 e. The lowest BCUT2D eigenvalue weighted by Gasteiger charge is -2.12. The Morgan fingerprint density at radius 3 is 3.00 bits per heavy atom. The first kappa shape index (κ1) is 12.9. The summed E-state index contributed by atoms with van der Waals surface area (Å²) in [6.45, 7) is 5.35. The molecule has 1 N–H and O–H groups in total. The van der Waals surface area contributed by atoms with Crippen LogP contribution in [0.1, 0.15) is 27.9 Å². The molecule has 1 aromatic heterocycles. The molecule has 0 fully saturated rings. The monoisotopic (exact) mass is 271 g/mol. The van der Waals surface area contributed by atoms with Gasteiger partial charge < -0.3 is 4.74 Å². The van der Waals surface area contributed by atoms with Gasteiger partial charge in [0.2, 0.25) is 6.33 Å². The van der Waals surface area contributed by atoms with Crippen LogP contribution in [0.25, 0.3) is 0 Å². The van der Waals surface area contributed by atoms with Crippen molar-refractivity contribution in [2.75, 3.05) is 6.61 Å². The van der Waals surface area contributed by atoms with Crippen LogP contribution in [0.5, 0.6) is 5.75 Å². The summed E-state index contributed by atoms with van der Waals surface area (Å²) < 4.78 is 7.85. The zero-order chi connectivity index (χ0) is 14.1. The maximum absolute atomic E-state index is 12.7. The molecule has 2 heterocycles. The van der Waals surface area contributed by atoms with E-state index in [1.807, 2.05) is 49.3 Å². The quantitative estimate of drug-likeness (QED) is 0.851. The van der Waals surface area contributed by atoms with Crippen LogP contribution in [0.3, 0.4) is 0 Å². The highest BCUT2D eigenvalue weighted by atomic mass is 16.5. The van der Waals surface area contributed by atoms with Crippen LogP contribution in [0, 0.1) is 19.8 Å². The van der Waals surface area contributed by atoms with Gasteiger partial charge in [0.15, 0.2) is 5.78 Å².